The summed E-state index contributed by atoms with van der Waals surface area (Å²) in [7, 11) is 0. The van der Waals surface area contributed by atoms with Gasteiger partial charge in [0.25, 0.3) is 0 Å². The molecule has 0 aromatic heterocycles. The van der Waals surface area contributed by atoms with Crippen LogP contribution in [0.25, 0.3) is 0 Å². The molecule has 0 spiro atoms. The maximum Gasteiger partial charge on any atom is 0.122 e. The molecule has 0 aliphatic rings. The highest BCUT2D eigenvalue weighted by Gasteiger charge is 2.01. The summed E-state index contributed by atoms with van der Waals surface area (Å²) in [5.41, 5.74) is 1.36. The van der Waals surface area contributed by atoms with Gasteiger partial charge in [0.05, 0.1) is 6.61 Å². The molecule has 1 nitrogen and oxygen atoms in total. The van der Waals surface area contributed by atoms with Crippen molar-refractivity contribution in [3.8, 4) is 5.75 Å². The molecule has 16 heavy (non-hydrogen) atoms. The van der Waals surface area contributed by atoms with E-state index in [0.717, 1.165) is 18.8 Å². The minimum atomic E-state index is 0.757. The molecule has 0 saturated heterocycles. The predicted molar refractivity (Wildman–Crippen MR) is 70.1 cm³/mol. The van der Waals surface area contributed by atoms with Crippen LogP contribution >= 0.6 is 0 Å². The van der Waals surface area contributed by atoms with Crippen molar-refractivity contribution in [1.29, 1.82) is 0 Å². The SMILES string of the molecule is CCCCCCCc1ccccc1OCC. The van der Waals surface area contributed by atoms with E-state index in [1.807, 2.05) is 13.0 Å². The second-order valence-corrected chi connectivity index (χ2v) is 4.20. The molecule has 0 bridgehead atoms. The Kier molecular flexibility index (Phi) is 6.71. The molecule has 1 heteroatoms. The summed E-state index contributed by atoms with van der Waals surface area (Å²) >= 11 is 0. The number of unbranched alkanes of at least 4 members (excludes halogenated alkanes) is 4. The molecule has 0 saturated carbocycles. The first-order chi connectivity index (χ1) is 7.88. The molecule has 90 valence electrons. The lowest BCUT2D eigenvalue weighted by Gasteiger charge is -2.09. The topological polar surface area (TPSA) is 9.23 Å². The van der Waals surface area contributed by atoms with Gasteiger partial charge in [-0.15, -0.1) is 0 Å². The van der Waals surface area contributed by atoms with E-state index in [4.69, 9.17) is 4.74 Å². The van der Waals surface area contributed by atoms with Crippen molar-refractivity contribution < 1.29 is 4.74 Å². The van der Waals surface area contributed by atoms with Crippen LogP contribution in [-0.4, -0.2) is 6.61 Å². The lowest BCUT2D eigenvalue weighted by Crippen LogP contribution is -1.96. The zero-order valence-electron chi connectivity index (χ0n) is 10.7. The Morgan fingerprint density at radius 2 is 1.69 bits per heavy atom. The number of para-hydroxylation sites is 1. The van der Waals surface area contributed by atoms with E-state index >= 15 is 0 Å². The van der Waals surface area contributed by atoms with Gasteiger partial charge >= 0.3 is 0 Å². The summed E-state index contributed by atoms with van der Waals surface area (Å²) < 4.78 is 5.62. The van der Waals surface area contributed by atoms with Gasteiger partial charge in [-0.25, -0.2) is 0 Å². The van der Waals surface area contributed by atoms with E-state index in [-0.39, 0.29) is 0 Å². The van der Waals surface area contributed by atoms with Crippen LogP contribution in [-0.2, 0) is 6.42 Å². The lowest BCUT2D eigenvalue weighted by atomic mass is 10.0. The molecule has 0 aliphatic carbocycles. The molecule has 1 aromatic rings. The maximum absolute atomic E-state index is 5.62. The van der Waals surface area contributed by atoms with Crippen molar-refractivity contribution >= 4 is 0 Å². The highest BCUT2D eigenvalue weighted by molar-refractivity contribution is 5.33. The third-order valence-corrected chi connectivity index (χ3v) is 2.82. The number of hydrogen-bond donors (Lipinski definition) is 0. The van der Waals surface area contributed by atoms with Crippen molar-refractivity contribution in [2.75, 3.05) is 6.61 Å². The van der Waals surface area contributed by atoms with E-state index < -0.39 is 0 Å². The van der Waals surface area contributed by atoms with Crippen molar-refractivity contribution in [3.05, 3.63) is 29.8 Å². The fourth-order valence-electron chi connectivity index (χ4n) is 1.93. The van der Waals surface area contributed by atoms with Crippen LogP contribution in [0.15, 0.2) is 24.3 Å². The molecular formula is C15H24O. The van der Waals surface area contributed by atoms with Gasteiger partial charge in [0, 0.05) is 0 Å². The van der Waals surface area contributed by atoms with Crippen molar-refractivity contribution in [2.24, 2.45) is 0 Å². The van der Waals surface area contributed by atoms with Crippen LogP contribution < -0.4 is 4.74 Å². The summed E-state index contributed by atoms with van der Waals surface area (Å²) in [4.78, 5) is 0. The molecule has 1 rings (SSSR count). The zero-order valence-corrected chi connectivity index (χ0v) is 10.7. The van der Waals surface area contributed by atoms with Crippen LogP contribution in [0.5, 0.6) is 5.75 Å². The van der Waals surface area contributed by atoms with Crippen LogP contribution in [0, 0.1) is 0 Å². The van der Waals surface area contributed by atoms with Crippen LogP contribution in [0.4, 0.5) is 0 Å². The van der Waals surface area contributed by atoms with Gasteiger partial charge in [-0.3, -0.25) is 0 Å². The Morgan fingerprint density at radius 1 is 0.938 bits per heavy atom. The smallest absolute Gasteiger partial charge is 0.122 e. The minimum Gasteiger partial charge on any atom is -0.494 e. The highest BCUT2D eigenvalue weighted by atomic mass is 16.5. The third-order valence-electron chi connectivity index (χ3n) is 2.82. The van der Waals surface area contributed by atoms with E-state index in [1.165, 1.54) is 37.7 Å². The van der Waals surface area contributed by atoms with Crippen LogP contribution in [0.2, 0.25) is 0 Å². The molecule has 0 fully saturated rings. The van der Waals surface area contributed by atoms with Crippen molar-refractivity contribution in [3.63, 3.8) is 0 Å². The Hall–Kier alpha value is -0.980. The summed E-state index contributed by atoms with van der Waals surface area (Å²) in [6.45, 7) is 5.05. The Balaban J connectivity index is 2.34. The largest absolute Gasteiger partial charge is 0.494 e. The Morgan fingerprint density at radius 3 is 2.44 bits per heavy atom. The van der Waals surface area contributed by atoms with Gasteiger partial charge in [-0.05, 0) is 31.4 Å². The molecule has 0 atom stereocenters. The van der Waals surface area contributed by atoms with Crippen molar-refractivity contribution in [1.82, 2.24) is 0 Å². The standard InChI is InChI=1S/C15H24O/c1-3-5-6-7-8-11-14-12-9-10-13-15(14)16-4-2/h9-10,12-13H,3-8,11H2,1-2H3. The van der Waals surface area contributed by atoms with Gasteiger partial charge in [0.1, 0.15) is 5.75 Å². The van der Waals surface area contributed by atoms with E-state index in [9.17, 15) is 0 Å². The minimum absolute atomic E-state index is 0.757. The number of benzene rings is 1. The fraction of sp³-hybridized carbons (Fsp3) is 0.600. The monoisotopic (exact) mass is 220 g/mol. The van der Waals surface area contributed by atoms with E-state index in [1.54, 1.807) is 0 Å². The molecule has 0 radical (unpaired) electrons. The molecular weight excluding hydrogens is 196 g/mol. The summed E-state index contributed by atoms with van der Waals surface area (Å²) in [6, 6.07) is 8.41. The van der Waals surface area contributed by atoms with Gasteiger partial charge in [-0.1, -0.05) is 50.8 Å². The highest BCUT2D eigenvalue weighted by Crippen LogP contribution is 2.20. The molecule has 0 heterocycles. The molecule has 0 unspecified atom stereocenters. The van der Waals surface area contributed by atoms with Gasteiger partial charge in [0.2, 0.25) is 0 Å². The quantitative estimate of drug-likeness (QED) is 0.582. The van der Waals surface area contributed by atoms with Crippen LogP contribution in [0.1, 0.15) is 51.5 Å². The van der Waals surface area contributed by atoms with Gasteiger partial charge < -0.3 is 4.74 Å². The first kappa shape index (κ1) is 13.1. The molecule has 0 N–H and O–H groups in total. The van der Waals surface area contributed by atoms with Crippen molar-refractivity contribution in [2.45, 2.75) is 52.4 Å². The van der Waals surface area contributed by atoms with Gasteiger partial charge in [0.15, 0.2) is 0 Å². The summed E-state index contributed by atoms with van der Waals surface area (Å²) in [5.74, 6) is 1.07. The second kappa shape index (κ2) is 8.20. The average molecular weight is 220 g/mol. The molecule has 0 amide bonds. The first-order valence-electron chi connectivity index (χ1n) is 6.59. The summed E-state index contributed by atoms with van der Waals surface area (Å²) in [6.07, 6.45) is 7.83. The van der Waals surface area contributed by atoms with Crippen LogP contribution in [0.3, 0.4) is 0 Å². The normalized spacial score (nSPS) is 10.4. The maximum atomic E-state index is 5.62. The fourth-order valence-corrected chi connectivity index (χ4v) is 1.93. The third kappa shape index (κ3) is 4.69. The first-order valence-corrected chi connectivity index (χ1v) is 6.59. The zero-order chi connectivity index (χ0) is 11.6. The molecule has 0 aliphatic heterocycles. The van der Waals surface area contributed by atoms with E-state index in [2.05, 4.69) is 25.1 Å². The lowest BCUT2D eigenvalue weighted by molar-refractivity contribution is 0.336. The predicted octanol–water partition coefficient (Wildman–Crippen LogP) is 4.60. The second-order valence-electron chi connectivity index (χ2n) is 4.20. The number of aryl methyl sites for hydroxylation is 1. The van der Waals surface area contributed by atoms with E-state index in [0.29, 0.717) is 0 Å². The average Bonchev–Trinajstić information content (AvgIpc) is 2.31. The summed E-state index contributed by atoms with van der Waals surface area (Å²) in [5, 5.41) is 0. The Labute approximate surface area is 99.8 Å². The molecule has 1 aromatic carbocycles. The number of hydrogen-bond acceptors (Lipinski definition) is 1. The van der Waals surface area contributed by atoms with Gasteiger partial charge in [-0.2, -0.15) is 0 Å². The Bertz CT molecular complexity index is 281. The number of rotatable bonds is 8. The number of ether oxygens (including phenoxy) is 1.